The average molecular weight is 325 g/mol. The van der Waals surface area contributed by atoms with E-state index in [0.717, 1.165) is 28.9 Å². The molecule has 0 radical (unpaired) electrons. The highest BCUT2D eigenvalue weighted by molar-refractivity contribution is 9.10. The molecule has 19 heavy (non-hydrogen) atoms. The third kappa shape index (κ3) is 1.94. The minimum Gasteiger partial charge on any atom is -0.482 e. The number of nitrogens with one attached hydrogen (secondary N) is 2. The summed E-state index contributed by atoms with van der Waals surface area (Å²) in [4.78, 5) is 15.1. The van der Waals surface area contributed by atoms with Gasteiger partial charge < -0.3 is 19.9 Å². The predicted octanol–water partition coefficient (Wildman–Crippen LogP) is 1.15. The standard InChI is InChI=1S/C12H13BrN4O2/c1-16-9-5-8(17-3-2-15-12(17)14)7(13)4-10(9)19-6-11(16)18/h4-5H,2-3,6H2,1H3,(H2,14,15). The third-order valence-corrected chi connectivity index (χ3v) is 3.94. The highest BCUT2D eigenvalue weighted by Gasteiger charge is 2.27. The monoisotopic (exact) mass is 324 g/mol. The van der Waals surface area contributed by atoms with Gasteiger partial charge in [-0.25, -0.2) is 0 Å². The van der Waals surface area contributed by atoms with Crippen molar-refractivity contribution in [1.82, 2.24) is 5.32 Å². The Morgan fingerprint density at radius 3 is 2.89 bits per heavy atom. The zero-order chi connectivity index (χ0) is 13.6. The minimum atomic E-state index is -0.0737. The van der Waals surface area contributed by atoms with E-state index in [-0.39, 0.29) is 12.5 Å². The van der Waals surface area contributed by atoms with Crippen molar-refractivity contribution in [3.63, 3.8) is 0 Å². The second-order valence-corrected chi connectivity index (χ2v) is 5.29. The zero-order valence-corrected chi connectivity index (χ0v) is 12.0. The molecule has 2 heterocycles. The molecule has 6 nitrogen and oxygen atoms in total. The molecule has 1 fully saturated rings. The fourth-order valence-corrected chi connectivity index (χ4v) is 2.76. The molecule has 0 bridgehead atoms. The number of halogens is 1. The van der Waals surface area contributed by atoms with Crippen molar-refractivity contribution >= 4 is 39.2 Å². The summed E-state index contributed by atoms with van der Waals surface area (Å²) in [6.07, 6.45) is 0. The van der Waals surface area contributed by atoms with Crippen molar-refractivity contribution in [3.8, 4) is 5.75 Å². The van der Waals surface area contributed by atoms with Crippen LogP contribution in [0.5, 0.6) is 5.75 Å². The summed E-state index contributed by atoms with van der Waals surface area (Å²) in [6.45, 7) is 1.54. The van der Waals surface area contributed by atoms with Gasteiger partial charge in [-0.3, -0.25) is 10.2 Å². The Balaban J connectivity index is 2.07. The van der Waals surface area contributed by atoms with E-state index in [1.165, 1.54) is 0 Å². The number of ether oxygens (including phenoxy) is 1. The molecule has 1 saturated heterocycles. The van der Waals surface area contributed by atoms with Crippen LogP contribution < -0.4 is 19.9 Å². The van der Waals surface area contributed by atoms with Crippen molar-refractivity contribution in [1.29, 1.82) is 5.41 Å². The number of amides is 1. The molecule has 1 amide bonds. The van der Waals surface area contributed by atoms with Crippen molar-refractivity contribution in [2.45, 2.75) is 0 Å². The van der Waals surface area contributed by atoms with Crippen LogP contribution in [0.1, 0.15) is 0 Å². The summed E-state index contributed by atoms with van der Waals surface area (Å²) in [6, 6.07) is 3.72. The van der Waals surface area contributed by atoms with Gasteiger partial charge in [0.15, 0.2) is 12.6 Å². The lowest BCUT2D eigenvalue weighted by Gasteiger charge is -2.28. The van der Waals surface area contributed by atoms with E-state index >= 15 is 0 Å². The fraction of sp³-hybridized carbons (Fsp3) is 0.333. The Kier molecular flexibility index (Phi) is 2.85. The van der Waals surface area contributed by atoms with Crippen molar-refractivity contribution in [3.05, 3.63) is 16.6 Å². The topological polar surface area (TPSA) is 68.7 Å². The van der Waals surface area contributed by atoms with Crippen molar-refractivity contribution in [2.24, 2.45) is 0 Å². The van der Waals surface area contributed by atoms with Gasteiger partial charge in [0, 0.05) is 24.6 Å². The smallest absolute Gasteiger partial charge is 0.264 e. The van der Waals surface area contributed by atoms with Gasteiger partial charge in [0.25, 0.3) is 5.91 Å². The van der Waals surface area contributed by atoms with Gasteiger partial charge in [0.2, 0.25) is 0 Å². The first-order valence-electron chi connectivity index (χ1n) is 5.91. The maximum absolute atomic E-state index is 11.7. The molecular weight excluding hydrogens is 312 g/mol. The quantitative estimate of drug-likeness (QED) is 0.813. The summed E-state index contributed by atoms with van der Waals surface area (Å²) < 4.78 is 6.27. The van der Waals surface area contributed by atoms with Crippen LogP contribution in [-0.4, -0.2) is 38.6 Å². The average Bonchev–Trinajstić information content (AvgIpc) is 2.80. The molecule has 0 unspecified atom stereocenters. The summed E-state index contributed by atoms with van der Waals surface area (Å²) in [5.74, 6) is 0.971. The second-order valence-electron chi connectivity index (χ2n) is 4.44. The van der Waals surface area contributed by atoms with Crippen LogP contribution in [0.15, 0.2) is 16.6 Å². The number of anilines is 2. The van der Waals surface area contributed by atoms with Gasteiger partial charge in [-0.1, -0.05) is 0 Å². The van der Waals surface area contributed by atoms with Gasteiger partial charge in [0.05, 0.1) is 11.4 Å². The van der Waals surface area contributed by atoms with Crippen LogP contribution >= 0.6 is 15.9 Å². The minimum absolute atomic E-state index is 0.0658. The van der Waals surface area contributed by atoms with Crippen molar-refractivity contribution in [2.75, 3.05) is 36.5 Å². The lowest BCUT2D eigenvalue weighted by Crippen LogP contribution is -2.36. The normalized spacial score (nSPS) is 18.2. The number of rotatable bonds is 1. The molecule has 7 heteroatoms. The Bertz CT molecular complexity index is 575. The molecule has 1 aromatic rings. The molecule has 2 aliphatic rings. The van der Waals surface area contributed by atoms with E-state index in [1.54, 1.807) is 11.9 Å². The number of guanidine groups is 1. The Labute approximate surface area is 119 Å². The van der Waals surface area contributed by atoms with Crippen molar-refractivity contribution < 1.29 is 9.53 Å². The molecule has 100 valence electrons. The Morgan fingerprint density at radius 2 is 2.21 bits per heavy atom. The Morgan fingerprint density at radius 1 is 1.42 bits per heavy atom. The molecule has 0 spiro atoms. The molecule has 1 aromatic carbocycles. The number of likely N-dealkylation sites (N-methyl/N-ethyl adjacent to an activating group) is 1. The van der Waals surface area contributed by atoms with E-state index in [4.69, 9.17) is 10.1 Å². The summed E-state index contributed by atoms with van der Waals surface area (Å²) in [5, 5.41) is 10.8. The van der Waals surface area contributed by atoms with E-state index < -0.39 is 0 Å². The van der Waals surface area contributed by atoms with Gasteiger partial charge >= 0.3 is 0 Å². The fourth-order valence-electron chi connectivity index (χ4n) is 2.22. The maximum Gasteiger partial charge on any atom is 0.264 e. The molecule has 0 aliphatic carbocycles. The number of fused-ring (bicyclic) bond motifs is 1. The van der Waals surface area contributed by atoms with Gasteiger partial charge in [-0.15, -0.1) is 0 Å². The number of hydrogen-bond acceptors (Lipinski definition) is 3. The SMILES string of the molecule is CN1C(=O)COc2cc(Br)c(N3CCNC3=N)cc21. The van der Waals surface area contributed by atoms with Crippen LogP contribution in [0.4, 0.5) is 11.4 Å². The Hall–Kier alpha value is -1.76. The number of carbonyl (C=O) groups is 1. The van der Waals surface area contributed by atoms with Crippen LogP contribution in [0, 0.1) is 5.41 Å². The number of hydrogen-bond donors (Lipinski definition) is 2. The van der Waals surface area contributed by atoms with Crippen LogP contribution in [-0.2, 0) is 4.79 Å². The molecule has 0 atom stereocenters. The molecule has 3 rings (SSSR count). The lowest BCUT2D eigenvalue weighted by atomic mass is 10.2. The lowest BCUT2D eigenvalue weighted by molar-refractivity contribution is -0.120. The number of benzene rings is 1. The first-order valence-corrected chi connectivity index (χ1v) is 6.70. The summed E-state index contributed by atoms with van der Waals surface area (Å²) in [5.41, 5.74) is 1.59. The van der Waals surface area contributed by atoms with Gasteiger partial charge in [-0.05, 0) is 28.1 Å². The molecule has 0 saturated carbocycles. The predicted molar refractivity (Wildman–Crippen MR) is 76.1 cm³/mol. The maximum atomic E-state index is 11.7. The second kappa shape index (κ2) is 4.41. The number of nitrogens with zero attached hydrogens (tertiary/aromatic N) is 2. The van der Waals surface area contributed by atoms with Crippen LogP contribution in [0.2, 0.25) is 0 Å². The molecular formula is C12H13BrN4O2. The first-order chi connectivity index (χ1) is 9.08. The summed E-state index contributed by atoms with van der Waals surface area (Å²) in [7, 11) is 1.73. The van der Waals surface area contributed by atoms with Gasteiger partial charge in [0.1, 0.15) is 5.75 Å². The van der Waals surface area contributed by atoms with Crippen LogP contribution in [0.3, 0.4) is 0 Å². The third-order valence-electron chi connectivity index (χ3n) is 3.30. The van der Waals surface area contributed by atoms with E-state index in [1.807, 2.05) is 17.0 Å². The van der Waals surface area contributed by atoms with E-state index in [9.17, 15) is 4.79 Å². The number of carbonyl (C=O) groups excluding carboxylic acids is 1. The zero-order valence-electron chi connectivity index (χ0n) is 10.4. The molecule has 2 aliphatic heterocycles. The van der Waals surface area contributed by atoms with E-state index in [0.29, 0.717) is 11.7 Å². The summed E-state index contributed by atoms with van der Waals surface area (Å²) >= 11 is 3.50. The molecule has 2 N–H and O–H groups in total. The molecule has 0 aromatic heterocycles. The highest BCUT2D eigenvalue weighted by Crippen LogP contribution is 2.40. The largest absolute Gasteiger partial charge is 0.482 e. The van der Waals surface area contributed by atoms with Gasteiger partial charge in [-0.2, -0.15) is 0 Å². The first kappa shape index (κ1) is 12.3. The van der Waals surface area contributed by atoms with E-state index in [2.05, 4.69) is 21.2 Å². The van der Waals surface area contributed by atoms with Crippen LogP contribution in [0.25, 0.3) is 0 Å². The highest BCUT2D eigenvalue weighted by atomic mass is 79.9.